The lowest BCUT2D eigenvalue weighted by molar-refractivity contribution is 0.665. The summed E-state index contributed by atoms with van der Waals surface area (Å²) in [5.74, 6) is 0. The molecule has 2 aromatic heterocycles. The molecule has 0 atom stereocenters. The Morgan fingerprint density at radius 2 is 1.65 bits per heavy atom. The van der Waals surface area contributed by atoms with Gasteiger partial charge in [0.05, 0.1) is 5.69 Å². The van der Waals surface area contributed by atoms with Crippen LogP contribution in [0, 0.1) is 0 Å². The highest BCUT2D eigenvalue weighted by Gasteiger charge is 2.38. The van der Waals surface area contributed by atoms with Gasteiger partial charge in [0.15, 0.2) is 0 Å². The first-order valence-electron chi connectivity index (χ1n) is 8.99. The van der Waals surface area contributed by atoms with Crippen molar-refractivity contribution in [3.63, 3.8) is 0 Å². The fourth-order valence-electron chi connectivity index (χ4n) is 4.66. The van der Waals surface area contributed by atoms with Crippen molar-refractivity contribution >= 4 is 42.3 Å². The molecular formula is C24H17NS. The van der Waals surface area contributed by atoms with Gasteiger partial charge in [-0.25, -0.2) is 0 Å². The molecule has 0 amide bonds. The van der Waals surface area contributed by atoms with Crippen LogP contribution in [0.4, 0.5) is 0 Å². The number of aromatic nitrogens is 1. The molecule has 124 valence electrons. The molecule has 0 aliphatic heterocycles. The van der Waals surface area contributed by atoms with Gasteiger partial charge in [0.1, 0.15) is 0 Å². The Bertz CT molecular complexity index is 1360. The summed E-state index contributed by atoms with van der Waals surface area (Å²) in [6.45, 7) is 4.67. The van der Waals surface area contributed by atoms with E-state index in [1.54, 1.807) is 0 Å². The van der Waals surface area contributed by atoms with E-state index in [-0.39, 0.29) is 5.41 Å². The second kappa shape index (κ2) is 4.72. The van der Waals surface area contributed by atoms with E-state index in [2.05, 4.69) is 74.5 Å². The fraction of sp³-hybridized carbons (Fsp3) is 0.125. The van der Waals surface area contributed by atoms with Crippen molar-refractivity contribution in [1.29, 1.82) is 0 Å². The summed E-state index contributed by atoms with van der Waals surface area (Å²) >= 11 is 1.90. The normalized spacial score (nSPS) is 14.8. The number of pyridine rings is 1. The molecule has 2 heterocycles. The molecule has 1 nitrogen and oxygen atoms in total. The van der Waals surface area contributed by atoms with Gasteiger partial charge in [0.25, 0.3) is 0 Å². The van der Waals surface area contributed by atoms with Gasteiger partial charge in [-0.05, 0) is 46.2 Å². The second-order valence-electron chi connectivity index (χ2n) is 7.68. The molecule has 3 aromatic carbocycles. The van der Waals surface area contributed by atoms with Crippen molar-refractivity contribution in [2.75, 3.05) is 0 Å². The van der Waals surface area contributed by atoms with E-state index in [0.29, 0.717) is 0 Å². The molecule has 0 N–H and O–H groups in total. The molecule has 5 aromatic rings. The maximum absolute atomic E-state index is 4.72. The summed E-state index contributed by atoms with van der Waals surface area (Å²) in [7, 11) is 0. The molecular weight excluding hydrogens is 334 g/mol. The van der Waals surface area contributed by atoms with Gasteiger partial charge in [-0.15, -0.1) is 11.3 Å². The summed E-state index contributed by atoms with van der Waals surface area (Å²) in [5.41, 5.74) is 5.19. The minimum atomic E-state index is -0.0297. The quantitative estimate of drug-likeness (QED) is 0.295. The van der Waals surface area contributed by atoms with E-state index in [4.69, 9.17) is 4.98 Å². The summed E-state index contributed by atoms with van der Waals surface area (Å²) in [6.07, 6.45) is 1.91. The molecule has 0 saturated carbocycles. The summed E-state index contributed by atoms with van der Waals surface area (Å²) in [5, 5.41) is 5.41. The number of hydrogen-bond donors (Lipinski definition) is 0. The van der Waals surface area contributed by atoms with Crippen molar-refractivity contribution in [2.45, 2.75) is 19.3 Å². The summed E-state index contributed by atoms with van der Waals surface area (Å²) in [4.78, 5) is 4.72. The van der Waals surface area contributed by atoms with Crippen LogP contribution in [0.25, 0.3) is 42.2 Å². The van der Waals surface area contributed by atoms with Crippen molar-refractivity contribution in [3.05, 3.63) is 78.0 Å². The second-order valence-corrected chi connectivity index (χ2v) is 8.77. The van der Waals surface area contributed by atoms with Gasteiger partial charge in [-0.1, -0.05) is 50.2 Å². The molecule has 1 aliphatic rings. The van der Waals surface area contributed by atoms with Gasteiger partial charge in [-0.3, -0.25) is 4.98 Å². The highest BCUT2D eigenvalue weighted by Crippen LogP contribution is 2.53. The van der Waals surface area contributed by atoms with E-state index in [1.807, 2.05) is 17.5 Å². The SMILES string of the molecule is CC1(C)c2cccnc2-c2ccc3sc4cc5ccccc5cc4c3c21. The van der Waals surface area contributed by atoms with E-state index < -0.39 is 0 Å². The maximum Gasteiger partial charge on any atom is 0.0746 e. The summed E-state index contributed by atoms with van der Waals surface area (Å²) < 4.78 is 2.74. The Morgan fingerprint density at radius 1 is 0.846 bits per heavy atom. The van der Waals surface area contributed by atoms with E-state index in [1.165, 1.54) is 47.6 Å². The number of hydrogen-bond acceptors (Lipinski definition) is 2. The first-order valence-corrected chi connectivity index (χ1v) is 9.80. The number of thiophene rings is 1. The number of nitrogens with zero attached hydrogens (tertiary/aromatic N) is 1. The van der Waals surface area contributed by atoms with Crippen LogP contribution in [-0.2, 0) is 5.41 Å². The monoisotopic (exact) mass is 351 g/mol. The standard InChI is InChI=1S/C24H17NS/c1-24(2)18-8-5-11-25-23(18)16-9-10-19-21(22(16)24)17-12-14-6-3-4-7-15(14)13-20(17)26-19/h3-13H,1-2H3. The Kier molecular flexibility index (Phi) is 2.62. The maximum atomic E-state index is 4.72. The van der Waals surface area contributed by atoms with Crippen LogP contribution in [0.3, 0.4) is 0 Å². The minimum Gasteiger partial charge on any atom is -0.256 e. The largest absolute Gasteiger partial charge is 0.256 e. The van der Waals surface area contributed by atoms with Gasteiger partial charge >= 0.3 is 0 Å². The van der Waals surface area contributed by atoms with Crippen molar-refractivity contribution in [1.82, 2.24) is 4.98 Å². The topological polar surface area (TPSA) is 12.9 Å². The van der Waals surface area contributed by atoms with Crippen molar-refractivity contribution < 1.29 is 0 Å². The van der Waals surface area contributed by atoms with Crippen LogP contribution in [0.1, 0.15) is 25.0 Å². The van der Waals surface area contributed by atoms with Crippen LogP contribution in [0.2, 0.25) is 0 Å². The predicted molar refractivity (Wildman–Crippen MR) is 112 cm³/mol. The molecule has 0 bridgehead atoms. The highest BCUT2D eigenvalue weighted by molar-refractivity contribution is 7.26. The molecule has 26 heavy (non-hydrogen) atoms. The Balaban J connectivity index is 1.83. The molecule has 0 radical (unpaired) electrons. The molecule has 0 spiro atoms. The molecule has 2 heteroatoms. The minimum absolute atomic E-state index is 0.0297. The Hall–Kier alpha value is -2.71. The highest BCUT2D eigenvalue weighted by atomic mass is 32.1. The van der Waals surface area contributed by atoms with Crippen LogP contribution in [0.15, 0.2) is 66.9 Å². The van der Waals surface area contributed by atoms with Crippen molar-refractivity contribution in [3.8, 4) is 11.3 Å². The first kappa shape index (κ1) is 14.5. The zero-order valence-corrected chi connectivity index (χ0v) is 15.5. The first-order chi connectivity index (χ1) is 12.6. The predicted octanol–water partition coefficient (Wildman–Crippen LogP) is 6.91. The van der Waals surface area contributed by atoms with E-state index >= 15 is 0 Å². The Morgan fingerprint density at radius 3 is 2.50 bits per heavy atom. The van der Waals surface area contributed by atoms with Gasteiger partial charge in [-0.2, -0.15) is 0 Å². The van der Waals surface area contributed by atoms with E-state index in [0.717, 1.165) is 5.69 Å². The Labute approximate surface area is 155 Å². The lowest BCUT2D eigenvalue weighted by atomic mass is 9.80. The van der Waals surface area contributed by atoms with Crippen LogP contribution >= 0.6 is 11.3 Å². The third kappa shape index (κ3) is 1.68. The molecule has 1 aliphatic carbocycles. The van der Waals surface area contributed by atoms with Gasteiger partial charge < -0.3 is 0 Å². The lowest BCUT2D eigenvalue weighted by Crippen LogP contribution is -2.15. The molecule has 0 fully saturated rings. The lowest BCUT2D eigenvalue weighted by Gasteiger charge is -2.22. The van der Waals surface area contributed by atoms with Gasteiger partial charge in [0, 0.05) is 37.3 Å². The number of rotatable bonds is 0. The van der Waals surface area contributed by atoms with Gasteiger partial charge in [0.2, 0.25) is 0 Å². The average Bonchev–Trinajstić information content (AvgIpc) is 3.12. The van der Waals surface area contributed by atoms with E-state index in [9.17, 15) is 0 Å². The summed E-state index contributed by atoms with van der Waals surface area (Å²) in [6, 6.07) is 22.2. The third-order valence-electron chi connectivity index (χ3n) is 5.87. The zero-order valence-electron chi connectivity index (χ0n) is 14.7. The van der Waals surface area contributed by atoms with Crippen LogP contribution in [0.5, 0.6) is 0 Å². The van der Waals surface area contributed by atoms with Crippen LogP contribution < -0.4 is 0 Å². The fourth-order valence-corrected chi connectivity index (χ4v) is 5.80. The zero-order chi connectivity index (χ0) is 17.5. The third-order valence-corrected chi connectivity index (χ3v) is 6.98. The number of benzene rings is 3. The average molecular weight is 351 g/mol. The van der Waals surface area contributed by atoms with Crippen molar-refractivity contribution in [2.24, 2.45) is 0 Å². The number of fused-ring (bicyclic) bond motifs is 8. The molecule has 6 rings (SSSR count). The molecule has 0 saturated heterocycles. The smallest absolute Gasteiger partial charge is 0.0746 e. The molecule has 0 unspecified atom stereocenters. The van der Waals surface area contributed by atoms with Crippen LogP contribution in [-0.4, -0.2) is 4.98 Å².